The Labute approximate surface area is 456 Å². The van der Waals surface area contributed by atoms with Gasteiger partial charge in [-0.15, -0.1) is 0 Å². The number of hydrogen-bond acceptors (Lipinski definition) is 12. The van der Waals surface area contributed by atoms with Gasteiger partial charge in [0.1, 0.15) is 24.7 Å². The van der Waals surface area contributed by atoms with Crippen molar-refractivity contribution in [2.75, 3.05) is 66.1 Å². The number of fused-ring (bicyclic) bond motifs is 2. The van der Waals surface area contributed by atoms with E-state index in [1.54, 1.807) is 0 Å². The van der Waals surface area contributed by atoms with Gasteiger partial charge in [-0.05, 0) is 156 Å². The van der Waals surface area contributed by atoms with Crippen LogP contribution in [-0.2, 0) is 31.8 Å². The molecule has 0 fully saturated rings. The molecule has 12 nitrogen and oxygen atoms in total. The van der Waals surface area contributed by atoms with E-state index in [0.29, 0.717) is 66.1 Å². The van der Waals surface area contributed by atoms with Crippen molar-refractivity contribution >= 4 is 21.5 Å². The molecule has 10 rings (SSSR count). The average Bonchev–Trinajstić information content (AvgIpc) is 3.54. The van der Waals surface area contributed by atoms with Gasteiger partial charge in [0.15, 0.2) is 0 Å². The number of pyridine rings is 6. The van der Waals surface area contributed by atoms with Gasteiger partial charge in [-0.25, -0.2) is 9.97 Å². The molecule has 0 saturated heterocycles. The summed E-state index contributed by atoms with van der Waals surface area (Å²) in [6.07, 6.45) is 11.0. The van der Waals surface area contributed by atoms with Crippen molar-refractivity contribution in [1.29, 1.82) is 0 Å². The molecule has 4 aromatic carbocycles. The van der Waals surface area contributed by atoms with Gasteiger partial charge in [0.05, 0.1) is 85.2 Å². The summed E-state index contributed by atoms with van der Waals surface area (Å²) in [5, 5.41) is 4.38. The van der Waals surface area contributed by atoms with Crippen LogP contribution >= 0.6 is 0 Å². The van der Waals surface area contributed by atoms with Gasteiger partial charge in [0.2, 0.25) is 0 Å². The summed E-state index contributed by atoms with van der Waals surface area (Å²) < 4.78 is 36.9. The number of benzene rings is 4. The fourth-order valence-electron chi connectivity index (χ4n) is 9.32. The van der Waals surface area contributed by atoms with E-state index in [4.69, 9.17) is 48.4 Å². The Kier molecular flexibility index (Phi) is 18.5. The summed E-state index contributed by atoms with van der Waals surface area (Å²) in [7, 11) is 0. The van der Waals surface area contributed by atoms with E-state index in [0.717, 1.165) is 138 Å². The fourth-order valence-corrected chi connectivity index (χ4v) is 9.32. The molecule has 394 valence electrons. The second-order valence-corrected chi connectivity index (χ2v) is 19.0. The molecule has 6 heterocycles. The molecule has 0 unspecified atom stereocenters. The molecule has 0 aliphatic heterocycles. The Balaban J connectivity index is 0.650. The van der Waals surface area contributed by atoms with Gasteiger partial charge in [-0.2, -0.15) is 0 Å². The third-order valence-corrected chi connectivity index (χ3v) is 13.3. The molecule has 6 aromatic heterocycles. The topological polar surface area (TPSA) is 133 Å². The van der Waals surface area contributed by atoms with Crippen molar-refractivity contribution in [3.05, 3.63) is 205 Å². The first-order valence-corrected chi connectivity index (χ1v) is 26.8. The lowest BCUT2D eigenvalue weighted by Gasteiger charge is -2.20. The van der Waals surface area contributed by atoms with Crippen LogP contribution in [0.4, 0.5) is 0 Å². The van der Waals surface area contributed by atoms with Gasteiger partial charge in [0.25, 0.3) is 0 Å². The van der Waals surface area contributed by atoms with Crippen molar-refractivity contribution < 1.29 is 28.4 Å². The highest BCUT2D eigenvalue weighted by atomic mass is 16.5. The highest BCUT2D eigenvalue weighted by molar-refractivity contribution is 6.09. The third kappa shape index (κ3) is 14.2. The zero-order valence-electron chi connectivity index (χ0n) is 44.4. The van der Waals surface area contributed by atoms with Crippen LogP contribution in [0, 0.1) is 13.8 Å². The summed E-state index contributed by atoms with van der Waals surface area (Å²) in [5.41, 5.74) is 13.3. The standard InChI is InChI=1S/C66H64N6O6/c1-47-29-31-67-61(43-47)59-19-7-17-57(71-59)55-25-21-49(45-69-55)11-9-33-73-35-37-75-39-41-77-63-27-23-51-13-3-5-15-53(51)65(63)66-54-16-6-4-14-52(54)24-28-64(66)78-42-40-76-38-36-74-34-10-12-50-22-26-56(70-46-50)58-18-8-20-60(72-58)62-44-48(2)30-32-68-62/h3-8,13-32,43-46H,9-12,33-42H2,1-2H3. The molecule has 0 atom stereocenters. The molecule has 78 heavy (non-hydrogen) atoms. The van der Waals surface area contributed by atoms with E-state index in [1.165, 1.54) is 0 Å². The molecule has 0 bridgehead atoms. The highest BCUT2D eigenvalue weighted by Gasteiger charge is 2.20. The van der Waals surface area contributed by atoms with Crippen LogP contribution in [0.25, 0.3) is 78.2 Å². The predicted molar refractivity (Wildman–Crippen MR) is 309 cm³/mol. The van der Waals surface area contributed by atoms with Gasteiger partial charge in [-0.3, -0.25) is 19.9 Å². The number of rotatable bonds is 27. The van der Waals surface area contributed by atoms with Gasteiger partial charge in [0, 0.05) is 49.1 Å². The normalized spacial score (nSPS) is 11.4. The second-order valence-electron chi connectivity index (χ2n) is 19.0. The van der Waals surface area contributed by atoms with Crippen LogP contribution in [0.15, 0.2) is 183 Å². The lowest BCUT2D eigenvalue weighted by molar-refractivity contribution is 0.0356. The van der Waals surface area contributed by atoms with E-state index in [-0.39, 0.29) is 0 Å². The molecular weight excluding hydrogens is 973 g/mol. The summed E-state index contributed by atoms with van der Waals surface area (Å²) in [5.74, 6) is 1.52. The quantitative estimate of drug-likeness (QED) is 0.0454. The molecule has 0 spiro atoms. The third-order valence-electron chi connectivity index (χ3n) is 13.3. The molecule has 10 aromatic rings. The number of aromatic nitrogens is 6. The van der Waals surface area contributed by atoms with E-state index in [9.17, 15) is 0 Å². The van der Waals surface area contributed by atoms with Crippen LogP contribution in [0.1, 0.15) is 35.1 Å². The van der Waals surface area contributed by atoms with Crippen molar-refractivity contribution in [2.45, 2.75) is 39.5 Å². The molecule has 0 saturated carbocycles. The second kappa shape index (κ2) is 27.2. The first kappa shape index (κ1) is 53.2. The van der Waals surface area contributed by atoms with E-state index < -0.39 is 0 Å². The largest absolute Gasteiger partial charge is 0.491 e. The maximum absolute atomic E-state index is 6.55. The Morgan fingerprint density at radius 2 is 0.744 bits per heavy atom. The smallest absolute Gasteiger partial charge is 0.128 e. The molecule has 0 N–H and O–H groups in total. The zero-order chi connectivity index (χ0) is 53.1. The number of hydrogen-bond donors (Lipinski definition) is 0. The van der Waals surface area contributed by atoms with Crippen LogP contribution in [0.5, 0.6) is 11.5 Å². The monoisotopic (exact) mass is 1040 g/mol. The molecular formula is C66H64N6O6. The van der Waals surface area contributed by atoms with Gasteiger partial charge < -0.3 is 28.4 Å². The Hall–Kier alpha value is -8.26. The molecule has 12 heteroatoms. The van der Waals surface area contributed by atoms with Crippen molar-refractivity contribution in [1.82, 2.24) is 29.9 Å². The van der Waals surface area contributed by atoms with Crippen LogP contribution < -0.4 is 9.47 Å². The summed E-state index contributed by atoms with van der Waals surface area (Å²) in [4.78, 5) is 28.0. The molecule has 0 amide bonds. The molecule has 0 aliphatic rings. The average molecular weight is 1040 g/mol. The van der Waals surface area contributed by atoms with Crippen LogP contribution in [0.3, 0.4) is 0 Å². The minimum Gasteiger partial charge on any atom is -0.491 e. The lowest BCUT2D eigenvalue weighted by Crippen LogP contribution is -2.12. The Bertz CT molecular complexity index is 3300. The highest BCUT2D eigenvalue weighted by Crippen LogP contribution is 2.45. The minimum atomic E-state index is 0.375. The zero-order valence-corrected chi connectivity index (χ0v) is 44.4. The maximum atomic E-state index is 6.55. The van der Waals surface area contributed by atoms with Crippen molar-refractivity contribution in [3.8, 4) is 68.2 Å². The molecule has 0 aliphatic carbocycles. The van der Waals surface area contributed by atoms with Crippen molar-refractivity contribution in [2.24, 2.45) is 0 Å². The van der Waals surface area contributed by atoms with E-state index >= 15 is 0 Å². The van der Waals surface area contributed by atoms with Gasteiger partial charge >= 0.3 is 0 Å². The Morgan fingerprint density at radius 1 is 0.333 bits per heavy atom. The first-order valence-electron chi connectivity index (χ1n) is 26.8. The fraction of sp³-hybridized carbons (Fsp3) is 0.242. The summed E-state index contributed by atoms with van der Waals surface area (Å²) >= 11 is 0. The summed E-state index contributed by atoms with van der Waals surface area (Å²) in [6.45, 7) is 8.90. The van der Waals surface area contributed by atoms with E-state index in [2.05, 4.69) is 96.6 Å². The van der Waals surface area contributed by atoms with E-state index in [1.807, 2.05) is 110 Å². The Morgan fingerprint density at radius 3 is 1.17 bits per heavy atom. The first-order chi connectivity index (χ1) is 38.5. The lowest BCUT2D eigenvalue weighted by atomic mass is 9.92. The van der Waals surface area contributed by atoms with Gasteiger partial charge in [-0.1, -0.05) is 84.9 Å². The van der Waals surface area contributed by atoms with Crippen LogP contribution in [-0.4, -0.2) is 96.0 Å². The number of aryl methyl sites for hydroxylation is 4. The number of nitrogens with zero attached hydrogens (tertiary/aromatic N) is 6. The predicted octanol–water partition coefficient (Wildman–Crippen LogP) is 13.4. The SMILES string of the molecule is Cc1ccnc(-c2cccc(-c3ccc(CCCOCCOCCOc4ccc5ccccc5c4-c4c(OCCOCCOCCCc5ccc(-c6cccc(-c7cc(C)ccn7)n6)nc5)ccc5ccccc45)cn3)n2)c1. The maximum Gasteiger partial charge on any atom is 0.128 e. The van der Waals surface area contributed by atoms with Crippen molar-refractivity contribution in [3.63, 3.8) is 0 Å². The molecule has 0 radical (unpaired) electrons. The van der Waals surface area contributed by atoms with Crippen LogP contribution in [0.2, 0.25) is 0 Å². The number of ether oxygens (including phenoxy) is 6. The minimum absolute atomic E-state index is 0.375. The summed E-state index contributed by atoms with van der Waals surface area (Å²) in [6, 6.07) is 53.3.